The Kier molecular flexibility index (Phi) is 4.26. The summed E-state index contributed by atoms with van der Waals surface area (Å²) in [7, 11) is -0.0193. The molecular weight excluding hydrogens is 366 g/mol. The van der Waals surface area contributed by atoms with Gasteiger partial charge >= 0.3 is 0 Å². The summed E-state index contributed by atoms with van der Waals surface area (Å²) >= 11 is 0. The van der Waals surface area contributed by atoms with E-state index >= 15 is 0 Å². The Morgan fingerprint density at radius 2 is 1.93 bits per heavy atom. The molecule has 0 bridgehead atoms. The van der Waals surface area contributed by atoms with Crippen molar-refractivity contribution in [1.82, 2.24) is 19.6 Å². The third-order valence-corrected chi connectivity index (χ3v) is 6.52. The number of amides is 1. The molecular formula is C18H21N5O3S. The van der Waals surface area contributed by atoms with Crippen LogP contribution in [0.1, 0.15) is 28.8 Å². The average Bonchev–Trinajstić information content (AvgIpc) is 3.22. The maximum absolute atomic E-state index is 12.6. The fourth-order valence-corrected chi connectivity index (χ4v) is 4.91. The van der Waals surface area contributed by atoms with Crippen molar-refractivity contribution in [3.05, 3.63) is 47.8 Å². The molecule has 1 fully saturated rings. The molecule has 1 saturated heterocycles. The van der Waals surface area contributed by atoms with Crippen molar-refractivity contribution in [2.24, 2.45) is 11.4 Å². The monoisotopic (exact) mass is 387 g/mol. The molecule has 2 aromatic rings. The molecule has 0 spiro atoms. The minimum Gasteiger partial charge on any atom is -0.355 e. The lowest BCUT2D eigenvalue weighted by molar-refractivity contribution is 0.0677. The van der Waals surface area contributed by atoms with Crippen molar-refractivity contribution in [3.8, 4) is 0 Å². The average molecular weight is 387 g/mol. The number of aryl methyl sites for hydroxylation is 1. The molecule has 3 heterocycles. The zero-order valence-corrected chi connectivity index (χ0v) is 16.1. The second kappa shape index (κ2) is 6.49. The van der Waals surface area contributed by atoms with Gasteiger partial charge in [0.2, 0.25) is 0 Å². The third-order valence-electron chi connectivity index (χ3n) is 5.20. The second-order valence-corrected chi connectivity index (χ2v) is 8.50. The molecule has 0 N–H and O–H groups in total. The molecule has 0 unspecified atom stereocenters. The van der Waals surface area contributed by atoms with Gasteiger partial charge in [-0.05, 0) is 25.0 Å². The quantitative estimate of drug-likeness (QED) is 0.770. The van der Waals surface area contributed by atoms with E-state index in [1.54, 1.807) is 47.2 Å². The number of likely N-dealkylation sites (tertiary alicyclic amines) is 1. The number of piperidine rings is 1. The Hall–Kier alpha value is -2.68. The van der Waals surface area contributed by atoms with Crippen LogP contribution in [0.5, 0.6) is 0 Å². The second-order valence-electron chi connectivity index (χ2n) is 6.92. The van der Waals surface area contributed by atoms with Crippen molar-refractivity contribution in [1.29, 1.82) is 0 Å². The number of carbonyl (C=O) groups excluding carboxylic acids is 1. The standard InChI is InChI=1S/C18H21N5O3S/c1-21-12-13(11-19-21)18(24)22(2)14-7-9-23(10-8-14)17-15-5-3-4-6-16(15)27(25,26)20-17/h3-6,11-12,14H,7-10H2,1-2H3. The summed E-state index contributed by atoms with van der Waals surface area (Å²) in [5.41, 5.74) is 1.23. The van der Waals surface area contributed by atoms with Crippen LogP contribution in [0, 0.1) is 0 Å². The molecule has 1 amide bonds. The summed E-state index contributed by atoms with van der Waals surface area (Å²) in [6.45, 7) is 1.30. The van der Waals surface area contributed by atoms with E-state index in [2.05, 4.69) is 9.50 Å². The first kappa shape index (κ1) is 17.7. The van der Waals surface area contributed by atoms with E-state index in [0.717, 1.165) is 12.8 Å². The Balaban J connectivity index is 1.46. The summed E-state index contributed by atoms with van der Waals surface area (Å²) in [5.74, 6) is 0.470. The lowest BCUT2D eigenvalue weighted by atomic mass is 10.0. The minimum atomic E-state index is -3.61. The number of rotatable bonds is 2. The van der Waals surface area contributed by atoms with Crippen LogP contribution in [0.25, 0.3) is 0 Å². The molecule has 0 radical (unpaired) electrons. The molecule has 0 aliphatic carbocycles. The van der Waals surface area contributed by atoms with Crippen LogP contribution in [-0.2, 0) is 17.1 Å². The molecule has 0 atom stereocenters. The number of sulfonamides is 1. The zero-order valence-electron chi connectivity index (χ0n) is 15.2. The van der Waals surface area contributed by atoms with Gasteiger partial charge in [0, 0.05) is 45.0 Å². The van der Waals surface area contributed by atoms with Gasteiger partial charge in [-0.1, -0.05) is 12.1 Å². The highest BCUT2D eigenvalue weighted by molar-refractivity contribution is 7.90. The molecule has 1 aromatic carbocycles. The van der Waals surface area contributed by atoms with E-state index in [4.69, 9.17) is 0 Å². The van der Waals surface area contributed by atoms with Crippen molar-refractivity contribution in [2.75, 3.05) is 20.1 Å². The number of aromatic nitrogens is 2. The van der Waals surface area contributed by atoms with Crippen LogP contribution in [0.4, 0.5) is 0 Å². The van der Waals surface area contributed by atoms with E-state index < -0.39 is 10.0 Å². The first-order valence-electron chi connectivity index (χ1n) is 8.82. The summed E-state index contributed by atoms with van der Waals surface area (Å²) in [4.78, 5) is 16.6. The van der Waals surface area contributed by atoms with Gasteiger partial charge < -0.3 is 9.80 Å². The Morgan fingerprint density at radius 1 is 1.22 bits per heavy atom. The summed E-state index contributed by atoms with van der Waals surface area (Å²) < 4.78 is 30.1. The molecule has 4 rings (SSSR count). The van der Waals surface area contributed by atoms with Crippen LogP contribution in [-0.4, -0.2) is 65.9 Å². The van der Waals surface area contributed by atoms with Crippen LogP contribution < -0.4 is 0 Å². The number of nitrogens with zero attached hydrogens (tertiary/aromatic N) is 5. The molecule has 0 saturated carbocycles. The van der Waals surface area contributed by atoms with Gasteiger partial charge in [0.05, 0.1) is 11.8 Å². The minimum absolute atomic E-state index is 0.0484. The number of benzene rings is 1. The topological polar surface area (TPSA) is 87.9 Å². The maximum Gasteiger partial charge on any atom is 0.285 e. The Morgan fingerprint density at radius 3 is 2.59 bits per heavy atom. The lowest BCUT2D eigenvalue weighted by Crippen LogP contribution is -2.47. The third kappa shape index (κ3) is 3.12. The first-order chi connectivity index (χ1) is 12.9. The molecule has 2 aliphatic heterocycles. The fraction of sp³-hybridized carbons (Fsp3) is 0.389. The van der Waals surface area contributed by atoms with Gasteiger partial charge in [-0.25, -0.2) is 0 Å². The fourth-order valence-electron chi connectivity index (χ4n) is 3.68. The molecule has 142 valence electrons. The van der Waals surface area contributed by atoms with E-state index in [9.17, 15) is 13.2 Å². The largest absolute Gasteiger partial charge is 0.355 e. The SMILES string of the molecule is CN(C(=O)c1cnn(C)c1)C1CCN(C2=NS(=O)(=O)c3ccccc32)CC1. The molecule has 2 aliphatic rings. The van der Waals surface area contributed by atoms with Crippen molar-refractivity contribution in [3.63, 3.8) is 0 Å². The lowest BCUT2D eigenvalue weighted by Gasteiger charge is -2.37. The predicted octanol–water partition coefficient (Wildman–Crippen LogP) is 1.11. The zero-order chi connectivity index (χ0) is 19.2. The highest BCUT2D eigenvalue weighted by Gasteiger charge is 2.34. The Bertz CT molecular complexity index is 1020. The first-order valence-corrected chi connectivity index (χ1v) is 10.3. The highest BCUT2D eigenvalue weighted by atomic mass is 32.2. The summed E-state index contributed by atoms with van der Waals surface area (Å²) in [6, 6.07) is 7.02. The van der Waals surface area contributed by atoms with Crippen molar-refractivity contribution >= 4 is 21.8 Å². The smallest absolute Gasteiger partial charge is 0.285 e. The van der Waals surface area contributed by atoms with E-state index in [0.29, 0.717) is 30.1 Å². The van der Waals surface area contributed by atoms with Crippen LogP contribution in [0.3, 0.4) is 0 Å². The van der Waals surface area contributed by atoms with Crippen molar-refractivity contribution in [2.45, 2.75) is 23.8 Å². The predicted molar refractivity (Wildman–Crippen MR) is 100 cm³/mol. The van der Waals surface area contributed by atoms with Crippen LogP contribution in [0.15, 0.2) is 46.0 Å². The number of hydrogen-bond acceptors (Lipinski definition) is 5. The van der Waals surface area contributed by atoms with Gasteiger partial charge in [0.25, 0.3) is 15.9 Å². The van der Waals surface area contributed by atoms with Gasteiger partial charge in [-0.2, -0.15) is 13.5 Å². The van der Waals surface area contributed by atoms with E-state index in [-0.39, 0.29) is 16.8 Å². The maximum atomic E-state index is 12.6. The van der Waals surface area contributed by atoms with Crippen molar-refractivity contribution < 1.29 is 13.2 Å². The van der Waals surface area contributed by atoms with Crippen LogP contribution in [0.2, 0.25) is 0 Å². The van der Waals surface area contributed by atoms with E-state index in [1.807, 2.05) is 18.0 Å². The molecule has 27 heavy (non-hydrogen) atoms. The molecule has 1 aromatic heterocycles. The number of hydrogen-bond donors (Lipinski definition) is 0. The van der Waals surface area contributed by atoms with Gasteiger partial charge in [-0.3, -0.25) is 9.48 Å². The highest BCUT2D eigenvalue weighted by Crippen LogP contribution is 2.29. The Labute approximate surface area is 158 Å². The van der Waals surface area contributed by atoms with E-state index in [1.165, 1.54) is 0 Å². The number of fused-ring (bicyclic) bond motifs is 1. The number of amidine groups is 1. The number of carbonyl (C=O) groups is 1. The van der Waals surface area contributed by atoms with Crippen LogP contribution >= 0.6 is 0 Å². The van der Waals surface area contributed by atoms with Gasteiger partial charge in [0.15, 0.2) is 5.84 Å². The normalized spacial score (nSPS) is 18.9. The molecule has 9 heteroatoms. The van der Waals surface area contributed by atoms with Gasteiger partial charge in [0.1, 0.15) is 4.90 Å². The summed E-state index contributed by atoms with van der Waals surface area (Å²) in [5, 5.41) is 4.05. The molecule has 8 nitrogen and oxygen atoms in total. The summed E-state index contributed by atoms with van der Waals surface area (Å²) in [6.07, 6.45) is 4.79. The van der Waals surface area contributed by atoms with Gasteiger partial charge in [-0.15, -0.1) is 4.40 Å².